The van der Waals surface area contributed by atoms with Gasteiger partial charge in [-0.05, 0) is 24.6 Å². The first-order chi connectivity index (χ1) is 6.15. The zero-order chi connectivity index (χ0) is 9.84. The Labute approximate surface area is 83.8 Å². The number of halogens is 1. The molecule has 0 saturated heterocycles. The van der Waals surface area contributed by atoms with Crippen LogP contribution in [0.1, 0.15) is 15.9 Å². The van der Waals surface area contributed by atoms with Crippen molar-refractivity contribution in [1.82, 2.24) is 0 Å². The molecule has 3 nitrogen and oxygen atoms in total. The largest absolute Gasteiger partial charge is 0.392 e. The van der Waals surface area contributed by atoms with Gasteiger partial charge in [-0.25, -0.2) is 4.79 Å². The van der Waals surface area contributed by atoms with Gasteiger partial charge in [-0.15, -0.1) is 0 Å². The fraction of sp³-hybridized carbons (Fsp3) is 0.111. The van der Waals surface area contributed by atoms with Gasteiger partial charge < -0.3 is 4.74 Å². The van der Waals surface area contributed by atoms with E-state index in [4.69, 9.17) is 0 Å². The maximum atomic E-state index is 11.1. The van der Waals surface area contributed by atoms with Crippen LogP contribution in [0.5, 0.6) is 0 Å². The molecule has 1 aromatic rings. The Kier molecular flexibility index (Phi) is 3.19. The van der Waals surface area contributed by atoms with Crippen molar-refractivity contribution in [3.63, 3.8) is 0 Å². The van der Waals surface area contributed by atoms with Gasteiger partial charge in [0.15, 0.2) is 0 Å². The minimum absolute atomic E-state index is 0.128. The maximum Gasteiger partial charge on any atom is 0.345 e. The first-order valence-electron chi connectivity index (χ1n) is 3.56. The number of carbonyl (C=O) groups excluding carboxylic acids is 2. The molecular weight excluding hydrogens is 236 g/mol. The number of benzene rings is 1. The van der Waals surface area contributed by atoms with Gasteiger partial charge in [-0.1, -0.05) is 22.0 Å². The average Bonchev–Trinajstić information content (AvgIpc) is 2.09. The van der Waals surface area contributed by atoms with Gasteiger partial charge in [0.05, 0.1) is 5.56 Å². The van der Waals surface area contributed by atoms with E-state index in [1.807, 2.05) is 6.07 Å². The molecule has 4 heteroatoms. The van der Waals surface area contributed by atoms with Crippen LogP contribution < -0.4 is 0 Å². The lowest BCUT2D eigenvalue weighted by Gasteiger charge is -2.02. The van der Waals surface area contributed by atoms with Crippen molar-refractivity contribution in [2.75, 3.05) is 0 Å². The molecule has 0 spiro atoms. The Morgan fingerprint density at radius 1 is 1.54 bits per heavy atom. The zero-order valence-electron chi connectivity index (χ0n) is 6.91. The predicted octanol–water partition coefficient (Wildman–Crippen LogP) is 2.07. The van der Waals surface area contributed by atoms with Crippen LogP contribution in [0, 0.1) is 6.92 Å². The molecule has 0 saturated carbocycles. The quantitative estimate of drug-likeness (QED) is 0.453. The first-order valence-corrected chi connectivity index (χ1v) is 4.35. The lowest BCUT2D eigenvalue weighted by atomic mass is 10.1. The minimum atomic E-state index is -0.631. The molecule has 0 radical (unpaired) electrons. The van der Waals surface area contributed by atoms with Gasteiger partial charge in [0.2, 0.25) is 0 Å². The summed E-state index contributed by atoms with van der Waals surface area (Å²) in [4.78, 5) is 21.1. The monoisotopic (exact) mass is 242 g/mol. The average molecular weight is 243 g/mol. The number of carbonyl (C=O) groups is 2. The third kappa shape index (κ3) is 2.39. The minimum Gasteiger partial charge on any atom is -0.392 e. The first kappa shape index (κ1) is 9.92. The van der Waals surface area contributed by atoms with E-state index in [-0.39, 0.29) is 6.47 Å². The summed E-state index contributed by atoms with van der Waals surface area (Å²) in [6.45, 7) is 1.90. The molecule has 0 amide bonds. The second kappa shape index (κ2) is 4.18. The van der Waals surface area contributed by atoms with E-state index in [0.717, 1.165) is 10.0 Å². The molecule has 68 valence electrons. The summed E-state index contributed by atoms with van der Waals surface area (Å²) >= 11 is 3.22. The van der Waals surface area contributed by atoms with Crippen LogP contribution in [-0.4, -0.2) is 12.4 Å². The summed E-state index contributed by atoms with van der Waals surface area (Å²) in [7, 11) is 0. The van der Waals surface area contributed by atoms with Gasteiger partial charge >= 0.3 is 12.4 Å². The Balaban J connectivity index is 3.05. The zero-order valence-corrected chi connectivity index (χ0v) is 8.50. The number of ether oxygens (including phenoxy) is 1. The SMILES string of the molecule is Cc1ccc(Br)cc1C(=O)OC=O. The second-order valence-electron chi connectivity index (χ2n) is 2.46. The summed E-state index contributed by atoms with van der Waals surface area (Å²) in [5.74, 6) is -0.631. The van der Waals surface area contributed by atoms with Crippen LogP contribution >= 0.6 is 15.9 Å². The molecule has 1 rings (SSSR count). The van der Waals surface area contributed by atoms with Crippen molar-refractivity contribution < 1.29 is 14.3 Å². The summed E-state index contributed by atoms with van der Waals surface area (Å²) < 4.78 is 5.00. The highest BCUT2D eigenvalue weighted by Crippen LogP contribution is 2.16. The van der Waals surface area contributed by atoms with Gasteiger partial charge in [0.25, 0.3) is 0 Å². The van der Waals surface area contributed by atoms with E-state index in [0.29, 0.717) is 5.56 Å². The van der Waals surface area contributed by atoms with Crippen LogP contribution in [0.4, 0.5) is 0 Å². The van der Waals surface area contributed by atoms with Crippen molar-refractivity contribution in [3.05, 3.63) is 33.8 Å². The van der Waals surface area contributed by atoms with Crippen LogP contribution in [0.2, 0.25) is 0 Å². The van der Waals surface area contributed by atoms with Crippen molar-refractivity contribution in [2.24, 2.45) is 0 Å². The van der Waals surface area contributed by atoms with Crippen molar-refractivity contribution in [2.45, 2.75) is 6.92 Å². The van der Waals surface area contributed by atoms with Crippen LogP contribution in [-0.2, 0) is 9.53 Å². The molecule has 0 aliphatic heterocycles. The molecule has 0 bridgehead atoms. The molecule has 1 aromatic carbocycles. The normalized spacial score (nSPS) is 9.38. The number of hydrogen-bond donors (Lipinski definition) is 0. The predicted molar refractivity (Wildman–Crippen MR) is 50.4 cm³/mol. The van der Waals surface area contributed by atoms with E-state index in [2.05, 4.69) is 20.7 Å². The highest BCUT2D eigenvalue weighted by molar-refractivity contribution is 9.10. The summed E-state index contributed by atoms with van der Waals surface area (Å²) in [6.07, 6.45) is 0. The van der Waals surface area contributed by atoms with Crippen LogP contribution in [0.15, 0.2) is 22.7 Å². The number of esters is 1. The fourth-order valence-electron chi connectivity index (χ4n) is 0.921. The number of rotatable bonds is 2. The van der Waals surface area contributed by atoms with Crippen LogP contribution in [0.25, 0.3) is 0 Å². The molecule has 0 atom stereocenters. The Morgan fingerprint density at radius 3 is 2.85 bits per heavy atom. The third-order valence-corrected chi connectivity index (χ3v) is 2.07. The molecule has 0 aliphatic carbocycles. The van der Waals surface area contributed by atoms with Crippen molar-refractivity contribution in [3.8, 4) is 0 Å². The summed E-state index contributed by atoms with van der Waals surface area (Å²) in [5.41, 5.74) is 1.16. The Hall–Kier alpha value is -1.16. The van der Waals surface area contributed by atoms with E-state index in [1.54, 1.807) is 19.1 Å². The van der Waals surface area contributed by atoms with Gasteiger partial charge in [-0.2, -0.15) is 0 Å². The topological polar surface area (TPSA) is 43.4 Å². The van der Waals surface area contributed by atoms with E-state index in [1.165, 1.54) is 0 Å². The molecule has 0 heterocycles. The number of aryl methyl sites for hydroxylation is 1. The molecule has 0 N–H and O–H groups in total. The third-order valence-electron chi connectivity index (χ3n) is 1.57. The fourth-order valence-corrected chi connectivity index (χ4v) is 1.28. The van der Waals surface area contributed by atoms with Gasteiger partial charge in [0.1, 0.15) is 0 Å². The lowest BCUT2D eigenvalue weighted by molar-refractivity contribution is -0.123. The molecule has 0 fully saturated rings. The molecule has 13 heavy (non-hydrogen) atoms. The highest BCUT2D eigenvalue weighted by atomic mass is 79.9. The summed E-state index contributed by atoms with van der Waals surface area (Å²) in [5, 5.41) is 0. The molecule has 0 unspecified atom stereocenters. The molecule has 0 aromatic heterocycles. The van der Waals surface area contributed by atoms with Gasteiger partial charge in [-0.3, -0.25) is 4.79 Å². The van der Waals surface area contributed by atoms with E-state index in [9.17, 15) is 9.59 Å². The second-order valence-corrected chi connectivity index (χ2v) is 3.38. The van der Waals surface area contributed by atoms with E-state index >= 15 is 0 Å². The Morgan fingerprint density at radius 2 is 2.23 bits per heavy atom. The summed E-state index contributed by atoms with van der Waals surface area (Å²) in [6, 6.07) is 5.19. The molecular formula is C9H7BrO3. The maximum absolute atomic E-state index is 11.1. The lowest BCUT2D eigenvalue weighted by Crippen LogP contribution is -2.05. The number of hydrogen-bond acceptors (Lipinski definition) is 3. The smallest absolute Gasteiger partial charge is 0.345 e. The standard InChI is InChI=1S/C9H7BrO3/c1-6-2-3-7(10)4-8(6)9(12)13-5-11/h2-5H,1H3. The van der Waals surface area contributed by atoms with E-state index < -0.39 is 5.97 Å². The van der Waals surface area contributed by atoms with Crippen molar-refractivity contribution >= 4 is 28.4 Å². The van der Waals surface area contributed by atoms with Crippen molar-refractivity contribution in [1.29, 1.82) is 0 Å². The molecule has 0 aliphatic rings. The highest BCUT2D eigenvalue weighted by Gasteiger charge is 2.09. The van der Waals surface area contributed by atoms with Crippen LogP contribution in [0.3, 0.4) is 0 Å². The Bertz CT molecular complexity index is 347. The van der Waals surface area contributed by atoms with Gasteiger partial charge in [0, 0.05) is 4.47 Å².